The van der Waals surface area contributed by atoms with E-state index in [0.717, 1.165) is 31.0 Å². The van der Waals surface area contributed by atoms with Crippen LogP contribution in [0.2, 0.25) is 0 Å². The average Bonchev–Trinajstić information content (AvgIpc) is 2.98. The second-order valence-electron chi connectivity index (χ2n) is 5.81. The van der Waals surface area contributed by atoms with Crippen LogP contribution in [0, 0.1) is 0 Å². The zero-order chi connectivity index (χ0) is 14.6. The van der Waals surface area contributed by atoms with Crippen LogP contribution in [0.15, 0.2) is 4.52 Å². The molecule has 0 aromatic carbocycles. The SMILES string of the molecule is CCC(c1nc(C2(OC)CCCCC2)no1)C(C)NC. The minimum atomic E-state index is -0.332. The number of methoxy groups -OCH3 is 1. The first-order valence-corrected chi connectivity index (χ1v) is 7.73. The fourth-order valence-electron chi connectivity index (χ4n) is 3.16. The van der Waals surface area contributed by atoms with E-state index in [4.69, 9.17) is 9.26 Å². The minimum Gasteiger partial charge on any atom is -0.370 e. The number of nitrogens with one attached hydrogen (secondary N) is 1. The minimum absolute atomic E-state index is 0.249. The molecule has 0 aliphatic heterocycles. The predicted octanol–water partition coefficient (Wildman–Crippen LogP) is 2.98. The van der Waals surface area contributed by atoms with Gasteiger partial charge in [0.25, 0.3) is 0 Å². The van der Waals surface area contributed by atoms with E-state index in [1.807, 2.05) is 7.05 Å². The lowest BCUT2D eigenvalue weighted by molar-refractivity contribution is -0.0527. The predicted molar refractivity (Wildman–Crippen MR) is 77.6 cm³/mol. The summed E-state index contributed by atoms with van der Waals surface area (Å²) in [7, 11) is 3.72. The van der Waals surface area contributed by atoms with E-state index in [1.165, 1.54) is 19.3 Å². The van der Waals surface area contributed by atoms with E-state index >= 15 is 0 Å². The summed E-state index contributed by atoms with van der Waals surface area (Å²) in [6.45, 7) is 4.29. The molecule has 0 spiro atoms. The summed E-state index contributed by atoms with van der Waals surface area (Å²) in [6.07, 6.45) is 6.55. The van der Waals surface area contributed by atoms with Crippen LogP contribution in [0.5, 0.6) is 0 Å². The number of hydrogen-bond acceptors (Lipinski definition) is 5. The molecule has 0 radical (unpaired) electrons. The van der Waals surface area contributed by atoms with Crippen molar-refractivity contribution in [3.05, 3.63) is 11.7 Å². The fourth-order valence-corrected chi connectivity index (χ4v) is 3.16. The van der Waals surface area contributed by atoms with Gasteiger partial charge in [-0.05, 0) is 33.2 Å². The van der Waals surface area contributed by atoms with E-state index in [2.05, 4.69) is 29.3 Å². The van der Waals surface area contributed by atoms with Gasteiger partial charge in [0, 0.05) is 13.2 Å². The Hall–Kier alpha value is -0.940. The molecule has 20 heavy (non-hydrogen) atoms. The highest BCUT2D eigenvalue weighted by atomic mass is 16.5. The highest BCUT2D eigenvalue weighted by Crippen LogP contribution is 2.39. The van der Waals surface area contributed by atoms with Crippen molar-refractivity contribution in [2.24, 2.45) is 0 Å². The highest BCUT2D eigenvalue weighted by molar-refractivity contribution is 5.06. The maximum Gasteiger partial charge on any atom is 0.231 e. The molecule has 5 heteroatoms. The van der Waals surface area contributed by atoms with Crippen molar-refractivity contribution >= 4 is 0 Å². The maximum atomic E-state index is 5.78. The van der Waals surface area contributed by atoms with E-state index < -0.39 is 0 Å². The van der Waals surface area contributed by atoms with E-state index in [-0.39, 0.29) is 11.5 Å². The topological polar surface area (TPSA) is 60.2 Å². The molecule has 1 fully saturated rings. The molecule has 0 bridgehead atoms. The van der Waals surface area contributed by atoms with Gasteiger partial charge >= 0.3 is 0 Å². The van der Waals surface area contributed by atoms with Gasteiger partial charge in [0.05, 0.1) is 5.92 Å². The molecular weight excluding hydrogens is 254 g/mol. The third-order valence-corrected chi connectivity index (χ3v) is 4.72. The van der Waals surface area contributed by atoms with Crippen molar-refractivity contribution in [3.8, 4) is 0 Å². The highest BCUT2D eigenvalue weighted by Gasteiger charge is 2.39. The van der Waals surface area contributed by atoms with Crippen LogP contribution in [0.3, 0.4) is 0 Å². The van der Waals surface area contributed by atoms with Gasteiger partial charge in [0.1, 0.15) is 5.60 Å². The Labute approximate surface area is 121 Å². The summed E-state index contributed by atoms with van der Waals surface area (Å²) in [5.74, 6) is 1.71. The van der Waals surface area contributed by atoms with Gasteiger partial charge in [0.15, 0.2) is 0 Å². The Kier molecular flexibility index (Phi) is 5.16. The molecule has 0 amide bonds. The zero-order valence-corrected chi connectivity index (χ0v) is 13.1. The summed E-state index contributed by atoms with van der Waals surface area (Å²) in [6, 6.07) is 0.318. The molecule has 1 aromatic rings. The monoisotopic (exact) mass is 281 g/mol. The largest absolute Gasteiger partial charge is 0.370 e. The normalized spacial score (nSPS) is 21.6. The Morgan fingerprint density at radius 3 is 2.60 bits per heavy atom. The molecule has 0 saturated heterocycles. The molecule has 2 atom stereocenters. The molecule has 1 aliphatic carbocycles. The Balaban J connectivity index is 2.22. The molecule has 114 valence electrons. The maximum absolute atomic E-state index is 5.78. The van der Waals surface area contributed by atoms with Gasteiger partial charge in [-0.1, -0.05) is 31.3 Å². The number of likely N-dealkylation sites (N-methyl/N-ethyl adjacent to an activating group) is 1. The summed E-state index contributed by atoms with van der Waals surface area (Å²) >= 11 is 0. The third kappa shape index (κ3) is 2.88. The number of aromatic nitrogens is 2. The van der Waals surface area contributed by atoms with Crippen LogP contribution in [-0.2, 0) is 10.3 Å². The van der Waals surface area contributed by atoms with Crippen molar-refractivity contribution in [1.82, 2.24) is 15.5 Å². The van der Waals surface area contributed by atoms with Crippen LogP contribution >= 0.6 is 0 Å². The number of rotatable bonds is 6. The zero-order valence-electron chi connectivity index (χ0n) is 13.1. The lowest BCUT2D eigenvalue weighted by Gasteiger charge is -2.32. The molecule has 1 heterocycles. The van der Waals surface area contributed by atoms with Gasteiger partial charge < -0.3 is 14.6 Å². The molecule has 1 aromatic heterocycles. The van der Waals surface area contributed by atoms with Crippen molar-refractivity contribution in [1.29, 1.82) is 0 Å². The van der Waals surface area contributed by atoms with Crippen LogP contribution < -0.4 is 5.32 Å². The molecule has 2 unspecified atom stereocenters. The molecule has 1 N–H and O–H groups in total. The Morgan fingerprint density at radius 2 is 2.05 bits per heavy atom. The fraction of sp³-hybridized carbons (Fsp3) is 0.867. The summed E-state index contributed by atoms with van der Waals surface area (Å²) in [5.41, 5.74) is -0.332. The first-order chi connectivity index (χ1) is 9.66. The van der Waals surface area contributed by atoms with E-state index in [0.29, 0.717) is 6.04 Å². The first-order valence-electron chi connectivity index (χ1n) is 7.73. The van der Waals surface area contributed by atoms with Crippen LogP contribution in [0.1, 0.15) is 70.0 Å². The van der Waals surface area contributed by atoms with Crippen LogP contribution in [0.4, 0.5) is 0 Å². The Bertz CT molecular complexity index is 413. The van der Waals surface area contributed by atoms with Gasteiger partial charge in [-0.3, -0.25) is 0 Å². The molecular formula is C15H27N3O2. The van der Waals surface area contributed by atoms with Gasteiger partial charge in [-0.25, -0.2) is 0 Å². The average molecular weight is 281 g/mol. The lowest BCUT2D eigenvalue weighted by Crippen LogP contribution is -2.33. The van der Waals surface area contributed by atoms with Crippen LogP contribution in [0.25, 0.3) is 0 Å². The van der Waals surface area contributed by atoms with Crippen molar-refractivity contribution < 1.29 is 9.26 Å². The van der Waals surface area contributed by atoms with Crippen molar-refractivity contribution in [3.63, 3.8) is 0 Å². The quantitative estimate of drug-likeness (QED) is 0.868. The lowest BCUT2D eigenvalue weighted by atomic mass is 9.84. The smallest absolute Gasteiger partial charge is 0.231 e. The summed E-state index contributed by atoms with van der Waals surface area (Å²) in [4.78, 5) is 4.67. The second-order valence-corrected chi connectivity index (χ2v) is 5.81. The van der Waals surface area contributed by atoms with Gasteiger partial charge in [0.2, 0.25) is 11.7 Å². The first kappa shape index (κ1) is 15.4. The molecule has 2 rings (SSSR count). The van der Waals surface area contributed by atoms with Gasteiger partial charge in [-0.15, -0.1) is 0 Å². The standard InChI is InChI=1S/C15H27N3O2/c1-5-12(11(2)16-3)13-17-14(18-20-13)15(19-4)9-7-6-8-10-15/h11-12,16H,5-10H2,1-4H3. The summed E-state index contributed by atoms with van der Waals surface area (Å²) < 4.78 is 11.3. The van der Waals surface area contributed by atoms with Crippen molar-refractivity contribution in [2.75, 3.05) is 14.2 Å². The van der Waals surface area contributed by atoms with Crippen molar-refractivity contribution in [2.45, 2.75) is 69.9 Å². The van der Waals surface area contributed by atoms with Crippen LogP contribution in [-0.4, -0.2) is 30.3 Å². The second kappa shape index (κ2) is 6.68. The van der Waals surface area contributed by atoms with E-state index in [9.17, 15) is 0 Å². The third-order valence-electron chi connectivity index (χ3n) is 4.72. The number of nitrogens with zero attached hydrogens (tertiary/aromatic N) is 2. The molecule has 5 nitrogen and oxygen atoms in total. The molecule has 1 aliphatic rings. The number of hydrogen-bond donors (Lipinski definition) is 1. The van der Waals surface area contributed by atoms with Gasteiger partial charge in [-0.2, -0.15) is 4.98 Å². The Morgan fingerprint density at radius 1 is 1.35 bits per heavy atom. The van der Waals surface area contributed by atoms with E-state index in [1.54, 1.807) is 7.11 Å². The molecule has 1 saturated carbocycles. The number of ether oxygens (including phenoxy) is 1. The summed E-state index contributed by atoms with van der Waals surface area (Å²) in [5, 5.41) is 7.50.